The molecule has 0 saturated heterocycles. The normalized spacial score (nSPS) is 14.3. The molecule has 0 spiro atoms. The van der Waals surface area contributed by atoms with Gasteiger partial charge in [0.1, 0.15) is 11.7 Å². The van der Waals surface area contributed by atoms with Crippen molar-refractivity contribution in [3.63, 3.8) is 0 Å². The number of benzene rings is 6. The van der Waals surface area contributed by atoms with E-state index in [1.54, 1.807) is 0 Å². The van der Waals surface area contributed by atoms with Gasteiger partial charge in [-0.15, -0.1) is 0 Å². The predicted molar refractivity (Wildman–Crippen MR) is 168 cm³/mol. The summed E-state index contributed by atoms with van der Waals surface area (Å²) in [6.45, 7) is 0. The third-order valence-electron chi connectivity index (χ3n) is 7.89. The quantitative estimate of drug-likeness (QED) is 0.237. The van der Waals surface area contributed by atoms with Gasteiger partial charge in [0.15, 0.2) is 0 Å². The third kappa shape index (κ3) is 3.67. The van der Waals surface area contributed by atoms with Crippen molar-refractivity contribution in [1.29, 1.82) is 0 Å². The summed E-state index contributed by atoms with van der Waals surface area (Å²) in [5.74, 6) is 0.796. The Hall–Kier alpha value is -5.28. The summed E-state index contributed by atoms with van der Waals surface area (Å²) >= 11 is 0. The molecule has 2 heterocycles. The van der Waals surface area contributed by atoms with Crippen LogP contribution in [0.5, 0.6) is 0 Å². The summed E-state index contributed by atoms with van der Waals surface area (Å²) in [6, 6.07) is 47.2. The minimum Gasteiger partial charge on any atom is -0.440 e. The lowest BCUT2D eigenvalue weighted by Gasteiger charge is -2.35. The number of furan rings is 1. The number of anilines is 3. The average molecular weight is 515 g/mol. The van der Waals surface area contributed by atoms with Gasteiger partial charge in [-0.05, 0) is 63.7 Å². The van der Waals surface area contributed by atoms with Gasteiger partial charge in [0.25, 0.3) is 0 Å². The van der Waals surface area contributed by atoms with Crippen LogP contribution >= 0.6 is 0 Å². The number of hydrogen-bond acceptors (Lipinski definition) is 3. The molecule has 1 unspecified atom stereocenters. The maximum Gasteiger partial charge on any atom is 0.203 e. The highest BCUT2D eigenvalue weighted by atomic mass is 16.4. The number of hydrogen-bond donors (Lipinski definition) is 1. The summed E-state index contributed by atoms with van der Waals surface area (Å²) in [4.78, 5) is 2.39. The molecule has 3 nitrogen and oxygen atoms in total. The SMILES string of the molecule is C1=CC(N(c2ccc(-c3ccccc3)cc2)c2cc3ccccc3c3ccccc23)Nc2oc3ccccc3c21. The van der Waals surface area contributed by atoms with Gasteiger partial charge in [-0.3, -0.25) is 0 Å². The third-order valence-corrected chi connectivity index (χ3v) is 7.89. The summed E-state index contributed by atoms with van der Waals surface area (Å²) in [5.41, 5.74) is 6.62. The molecule has 1 aromatic heterocycles. The summed E-state index contributed by atoms with van der Waals surface area (Å²) < 4.78 is 6.29. The molecule has 0 aliphatic carbocycles. The molecule has 0 bridgehead atoms. The summed E-state index contributed by atoms with van der Waals surface area (Å²) in [7, 11) is 0. The van der Waals surface area contributed by atoms with Crippen molar-refractivity contribution in [3.05, 3.63) is 145 Å². The van der Waals surface area contributed by atoms with Crippen molar-refractivity contribution >= 4 is 55.8 Å². The highest BCUT2D eigenvalue weighted by Crippen LogP contribution is 2.42. The highest BCUT2D eigenvalue weighted by Gasteiger charge is 2.27. The molecule has 190 valence electrons. The molecule has 0 radical (unpaired) electrons. The monoisotopic (exact) mass is 514 g/mol. The van der Waals surface area contributed by atoms with Gasteiger partial charge in [0.2, 0.25) is 5.88 Å². The van der Waals surface area contributed by atoms with Crippen molar-refractivity contribution in [2.75, 3.05) is 10.2 Å². The molecule has 3 heteroatoms. The maximum atomic E-state index is 6.29. The molecule has 0 amide bonds. The minimum absolute atomic E-state index is 0.153. The van der Waals surface area contributed by atoms with Crippen LogP contribution in [0.1, 0.15) is 5.56 Å². The Bertz CT molecular complexity index is 2040. The number of fused-ring (bicyclic) bond motifs is 6. The minimum atomic E-state index is -0.153. The van der Waals surface area contributed by atoms with Crippen LogP contribution < -0.4 is 10.2 Å². The maximum absolute atomic E-state index is 6.29. The van der Waals surface area contributed by atoms with Crippen LogP contribution in [0.3, 0.4) is 0 Å². The van der Waals surface area contributed by atoms with E-state index in [-0.39, 0.29) is 6.17 Å². The van der Waals surface area contributed by atoms with Gasteiger partial charge >= 0.3 is 0 Å². The zero-order chi connectivity index (χ0) is 26.5. The fourth-order valence-electron chi connectivity index (χ4n) is 5.99. The molecule has 40 heavy (non-hydrogen) atoms. The predicted octanol–water partition coefficient (Wildman–Crippen LogP) is 10.0. The van der Waals surface area contributed by atoms with E-state index in [0.29, 0.717) is 0 Å². The van der Waals surface area contributed by atoms with Gasteiger partial charge in [-0.25, -0.2) is 0 Å². The Balaban J connectivity index is 1.32. The molecular weight excluding hydrogens is 488 g/mol. The Morgan fingerprint density at radius 1 is 0.575 bits per heavy atom. The van der Waals surface area contributed by atoms with Crippen molar-refractivity contribution in [2.45, 2.75) is 6.17 Å². The zero-order valence-electron chi connectivity index (χ0n) is 21.8. The number of nitrogens with one attached hydrogen (secondary N) is 1. The van der Waals surface area contributed by atoms with E-state index in [1.807, 2.05) is 12.1 Å². The van der Waals surface area contributed by atoms with Crippen LogP contribution in [0.15, 0.2) is 144 Å². The second-order valence-corrected chi connectivity index (χ2v) is 10.2. The fourth-order valence-corrected chi connectivity index (χ4v) is 5.99. The first-order valence-electron chi connectivity index (χ1n) is 13.6. The van der Waals surface area contributed by atoms with Crippen LogP contribution in [0.25, 0.3) is 49.7 Å². The Kier molecular flexibility index (Phi) is 5.20. The first-order chi connectivity index (χ1) is 19.8. The van der Waals surface area contributed by atoms with Crippen LogP contribution in [0.4, 0.5) is 17.3 Å². The molecule has 1 aliphatic heterocycles. The van der Waals surface area contributed by atoms with Crippen molar-refractivity contribution in [2.24, 2.45) is 0 Å². The smallest absolute Gasteiger partial charge is 0.203 e. The van der Waals surface area contributed by atoms with Crippen LogP contribution in [-0.4, -0.2) is 6.17 Å². The average Bonchev–Trinajstić information content (AvgIpc) is 3.40. The van der Waals surface area contributed by atoms with E-state index in [0.717, 1.165) is 33.8 Å². The van der Waals surface area contributed by atoms with Gasteiger partial charge in [0, 0.05) is 22.0 Å². The second-order valence-electron chi connectivity index (χ2n) is 10.2. The summed E-state index contributed by atoms with van der Waals surface area (Å²) in [6.07, 6.45) is 4.27. The van der Waals surface area contributed by atoms with Gasteiger partial charge in [0.05, 0.1) is 5.69 Å². The number of nitrogens with zero attached hydrogens (tertiary/aromatic N) is 1. The molecule has 8 rings (SSSR count). The lowest BCUT2D eigenvalue weighted by Crippen LogP contribution is -2.37. The summed E-state index contributed by atoms with van der Waals surface area (Å²) in [5, 5.41) is 9.76. The Morgan fingerprint density at radius 3 is 2.05 bits per heavy atom. The fraction of sp³-hybridized carbons (Fsp3) is 0.0270. The number of para-hydroxylation sites is 1. The highest BCUT2D eigenvalue weighted by molar-refractivity contribution is 6.14. The lowest BCUT2D eigenvalue weighted by atomic mass is 9.98. The topological polar surface area (TPSA) is 28.4 Å². The standard InChI is InChI=1S/C37H26N2O/c1-2-10-25(11-3-1)26-18-20-28(21-19-26)39(36-23-22-33-32-16-8-9-17-35(32)40-37(33)38-36)34-24-27-12-4-5-13-29(27)30-14-6-7-15-31(30)34/h1-24,36,38H. The van der Waals surface area contributed by atoms with Crippen molar-refractivity contribution in [3.8, 4) is 11.1 Å². The Morgan fingerprint density at radius 2 is 1.23 bits per heavy atom. The largest absolute Gasteiger partial charge is 0.440 e. The van der Waals surface area contributed by atoms with Crippen LogP contribution in [0.2, 0.25) is 0 Å². The molecule has 6 aromatic carbocycles. The number of rotatable bonds is 4. The van der Waals surface area contributed by atoms with E-state index in [2.05, 4.69) is 144 Å². The molecule has 1 aliphatic rings. The van der Waals surface area contributed by atoms with E-state index in [1.165, 1.54) is 32.7 Å². The lowest BCUT2D eigenvalue weighted by molar-refractivity contribution is 0.616. The molecular formula is C37H26N2O. The van der Waals surface area contributed by atoms with E-state index in [4.69, 9.17) is 4.42 Å². The zero-order valence-corrected chi connectivity index (χ0v) is 21.8. The van der Waals surface area contributed by atoms with Crippen LogP contribution in [-0.2, 0) is 0 Å². The van der Waals surface area contributed by atoms with E-state index < -0.39 is 0 Å². The molecule has 0 saturated carbocycles. The first kappa shape index (κ1) is 22.7. The van der Waals surface area contributed by atoms with Gasteiger partial charge in [-0.2, -0.15) is 0 Å². The van der Waals surface area contributed by atoms with Crippen molar-refractivity contribution < 1.29 is 4.42 Å². The van der Waals surface area contributed by atoms with Crippen LogP contribution in [0, 0.1) is 0 Å². The molecule has 1 N–H and O–H groups in total. The van der Waals surface area contributed by atoms with Gasteiger partial charge in [-0.1, -0.05) is 109 Å². The van der Waals surface area contributed by atoms with E-state index in [9.17, 15) is 0 Å². The molecule has 0 fully saturated rings. The molecule has 7 aromatic rings. The second kappa shape index (κ2) is 9.18. The molecule has 1 atom stereocenters. The van der Waals surface area contributed by atoms with Gasteiger partial charge < -0.3 is 14.6 Å². The first-order valence-corrected chi connectivity index (χ1v) is 13.6. The van der Waals surface area contributed by atoms with E-state index >= 15 is 0 Å². The van der Waals surface area contributed by atoms with Crippen molar-refractivity contribution in [1.82, 2.24) is 0 Å². The Labute approximate surface area is 232 Å².